The van der Waals surface area contributed by atoms with Gasteiger partial charge in [0.1, 0.15) is 12.7 Å². The molecule has 23 heavy (non-hydrogen) atoms. The van der Waals surface area contributed by atoms with Crippen LogP contribution in [0.4, 0.5) is 0 Å². The van der Waals surface area contributed by atoms with Crippen LogP contribution in [0.15, 0.2) is 0 Å². The average molecular weight is 358 g/mol. The standard InChI is InChI=1S/C12H23O10P/c1-3-11(15)19-7-10(22-12(16)4-2)8-21-23(17,18)20-6-9(14)5-13/h9-10,13-14H,3-8H2,1-2H3,(H,17,18). The lowest BCUT2D eigenvalue weighted by atomic mass is 10.4. The van der Waals surface area contributed by atoms with Gasteiger partial charge < -0.3 is 24.6 Å². The summed E-state index contributed by atoms with van der Waals surface area (Å²) in [7, 11) is -4.52. The molecule has 0 aliphatic heterocycles. The van der Waals surface area contributed by atoms with E-state index in [1.54, 1.807) is 13.8 Å². The van der Waals surface area contributed by atoms with Crippen molar-refractivity contribution in [2.24, 2.45) is 0 Å². The SMILES string of the molecule is CCC(=O)OCC(COP(=O)(O)OCC(O)CO)OC(=O)CC. The Morgan fingerprint density at radius 3 is 2.13 bits per heavy atom. The molecule has 0 rings (SSSR count). The van der Waals surface area contributed by atoms with Crippen molar-refractivity contribution in [1.82, 2.24) is 0 Å². The molecule has 0 aromatic heterocycles. The lowest BCUT2D eigenvalue weighted by Crippen LogP contribution is -2.29. The number of phosphoric ester groups is 1. The van der Waals surface area contributed by atoms with E-state index in [0.29, 0.717) is 0 Å². The molecule has 11 heteroatoms. The number of hydrogen-bond donors (Lipinski definition) is 3. The van der Waals surface area contributed by atoms with Crippen molar-refractivity contribution in [2.45, 2.75) is 38.9 Å². The normalized spacial score (nSPS) is 16.2. The van der Waals surface area contributed by atoms with E-state index in [1.165, 1.54) is 0 Å². The molecule has 0 bridgehead atoms. The maximum atomic E-state index is 11.6. The number of esters is 2. The first-order chi connectivity index (χ1) is 10.7. The van der Waals surface area contributed by atoms with E-state index < -0.39 is 51.8 Å². The van der Waals surface area contributed by atoms with Crippen LogP contribution in [0.25, 0.3) is 0 Å². The summed E-state index contributed by atoms with van der Waals surface area (Å²) in [5.74, 6) is -1.13. The molecular weight excluding hydrogens is 335 g/mol. The quantitative estimate of drug-likeness (QED) is 0.315. The Morgan fingerprint density at radius 1 is 1.04 bits per heavy atom. The topological polar surface area (TPSA) is 149 Å². The Balaban J connectivity index is 4.46. The summed E-state index contributed by atoms with van der Waals surface area (Å²) in [5, 5.41) is 17.6. The second-order valence-corrected chi connectivity index (χ2v) is 5.85. The van der Waals surface area contributed by atoms with E-state index in [1.807, 2.05) is 0 Å². The highest BCUT2D eigenvalue weighted by atomic mass is 31.2. The van der Waals surface area contributed by atoms with Gasteiger partial charge >= 0.3 is 19.8 Å². The number of phosphoric acid groups is 1. The van der Waals surface area contributed by atoms with Crippen molar-refractivity contribution in [2.75, 3.05) is 26.4 Å². The number of hydrogen-bond acceptors (Lipinski definition) is 9. The van der Waals surface area contributed by atoms with E-state index in [2.05, 4.69) is 9.05 Å². The highest BCUT2D eigenvalue weighted by Crippen LogP contribution is 2.43. The third-order valence-corrected chi connectivity index (χ3v) is 3.32. The molecule has 0 fully saturated rings. The number of carbonyl (C=O) groups is 2. The minimum Gasteiger partial charge on any atom is -0.462 e. The van der Waals surface area contributed by atoms with E-state index in [0.717, 1.165) is 0 Å². The Morgan fingerprint density at radius 2 is 1.61 bits per heavy atom. The molecule has 3 unspecified atom stereocenters. The van der Waals surface area contributed by atoms with Gasteiger partial charge in [0.05, 0.1) is 19.8 Å². The highest BCUT2D eigenvalue weighted by Gasteiger charge is 2.26. The van der Waals surface area contributed by atoms with Crippen molar-refractivity contribution in [3.05, 3.63) is 0 Å². The van der Waals surface area contributed by atoms with Crippen LogP contribution in [-0.2, 0) is 32.7 Å². The van der Waals surface area contributed by atoms with Crippen LogP contribution in [0.1, 0.15) is 26.7 Å². The smallest absolute Gasteiger partial charge is 0.462 e. The molecular formula is C12H23O10P. The van der Waals surface area contributed by atoms with Crippen molar-refractivity contribution in [3.8, 4) is 0 Å². The Kier molecular flexibility index (Phi) is 11.0. The molecule has 0 spiro atoms. The summed E-state index contributed by atoms with van der Waals surface area (Å²) in [4.78, 5) is 31.8. The monoisotopic (exact) mass is 358 g/mol. The zero-order valence-corrected chi connectivity index (χ0v) is 13.9. The van der Waals surface area contributed by atoms with Crippen LogP contribution < -0.4 is 0 Å². The Bertz CT molecular complexity index is 413. The van der Waals surface area contributed by atoms with Crippen molar-refractivity contribution < 1.29 is 47.8 Å². The fraction of sp³-hybridized carbons (Fsp3) is 0.833. The average Bonchev–Trinajstić information content (AvgIpc) is 2.54. The molecule has 0 aliphatic carbocycles. The first kappa shape index (κ1) is 22.0. The first-order valence-corrected chi connectivity index (χ1v) is 8.49. The Hall–Kier alpha value is -1.03. The maximum absolute atomic E-state index is 11.6. The predicted octanol–water partition coefficient (Wildman–Crippen LogP) is -0.252. The van der Waals surface area contributed by atoms with Crippen molar-refractivity contribution in [1.29, 1.82) is 0 Å². The fourth-order valence-electron chi connectivity index (χ4n) is 1.12. The largest absolute Gasteiger partial charge is 0.472 e. The summed E-state index contributed by atoms with van der Waals surface area (Å²) >= 11 is 0. The fourth-order valence-corrected chi connectivity index (χ4v) is 1.91. The number of ether oxygens (including phenoxy) is 2. The highest BCUT2D eigenvalue weighted by molar-refractivity contribution is 7.47. The molecule has 0 aromatic rings. The van der Waals surface area contributed by atoms with Crippen LogP contribution in [0.2, 0.25) is 0 Å². The van der Waals surface area contributed by atoms with E-state index >= 15 is 0 Å². The van der Waals surface area contributed by atoms with Gasteiger partial charge in [-0.2, -0.15) is 0 Å². The third kappa shape index (κ3) is 11.2. The summed E-state index contributed by atoms with van der Waals surface area (Å²) < 4.78 is 30.3. The second kappa shape index (κ2) is 11.5. The molecule has 0 aliphatic rings. The lowest BCUT2D eigenvalue weighted by Gasteiger charge is -2.19. The van der Waals surface area contributed by atoms with Gasteiger partial charge in [-0.05, 0) is 0 Å². The van der Waals surface area contributed by atoms with Gasteiger partial charge in [-0.3, -0.25) is 18.6 Å². The zero-order chi connectivity index (χ0) is 17.9. The van der Waals surface area contributed by atoms with Gasteiger partial charge in [-0.25, -0.2) is 4.57 Å². The first-order valence-electron chi connectivity index (χ1n) is 6.99. The molecule has 0 amide bonds. The predicted molar refractivity (Wildman–Crippen MR) is 76.2 cm³/mol. The van der Waals surface area contributed by atoms with E-state index in [4.69, 9.17) is 19.7 Å². The molecule has 0 saturated carbocycles. The molecule has 3 N–H and O–H groups in total. The van der Waals surface area contributed by atoms with Crippen molar-refractivity contribution >= 4 is 19.8 Å². The number of aliphatic hydroxyl groups excluding tert-OH is 2. The van der Waals surface area contributed by atoms with Gasteiger partial charge in [0.25, 0.3) is 0 Å². The lowest BCUT2D eigenvalue weighted by molar-refractivity contribution is -0.160. The third-order valence-electron chi connectivity index (χ3n) is 2.37. The second-order valence-electron chi connectivity index (χ2n) is 4.40. The van der Waals surface area contributed by atoms with Gasteiger partial charge in [0.2, 0.25) is 0 Å². The van der Waals surface area contributed by atoms with Crippen molar-refractivity contribution in [3.63, 3.8) is 0 Å². The minimum absolute atomic E-state index is 0.0637. The molecule has 0 heterocycles. The molecule has 0 radical (unpaired) electrons. The summed E-state index contributed by atoms with van der Waals surface area (Å²) in [6, 6.07) is 0. The van der Waals surface area contributed by atoms with Crippen LogP contribution >= 0.6 is 7.82 Å². The van der Waals surface area contributed by atoms with Crippen LogP contribution in [-0.4, -0.2) is 65.7 Å². The van der Waals surface area contributed by atoms with Crippen LogP contribution in [0.3, 0.4) is 0 Å². The molecule has 136 valence electrons. The Labute approximate surface area is 133 Å². The van der Waals surface area contributed by atoms with Crippen LogP contribution in [0.5, 0.6) is 0 Å². The molecule has 10 nitrogen and oxygen atoms in total. The zero-order valence-electron chi connectivity index (χ0n) is 13.0. The van der Waals surface area contributed by atoms with Gasteiger partial charge in [0.15, 0.2) is 6.10 Å². The number of aliphatic hydroxyl groups is 2. The number of carbonyl (C=O) groups excluding carboxylic acids is 2. The van der Waals surface area contributed by atoms with Gasteiger partial charge in [0, 0.05) is 12.8 Å². The minimum atomic E-state index is -4.52. The van der Waals surface area contributed by atoms with E-state index in [9.17, 15) is 19.0 Å². The van der Waals surface area contributed by atoms with Gasteiger partial charge in [-0.1, -0.05) is 13.8 Å². The van der Waals surface area contributed by atoms with E-state index in [-0.39, 0.29) is 19.4 Å². The number of rotatable bonds is 12. The van der Waals surface area contributed by atoms with Gasteiger partial charge in [-0.15, -0.1) is 0 Å². The maximum Gasteiger partial charge on any atom is 0.472 e. The van der Waals surface area contributed by atoms with Crippen LogP contribution in [0, 0.1) is 0 Å². The molecule has 3 atom stereocenters. The summed E-state index contributed by atoms with van der Waals surface area (Å²) in [6.45, 7) is 0.977. The summed E-state index contributed by atoms with van der Waals surface area (Å²) in [6.07, 6.45) is -2.23. The molecule has 0 saturated heterocycles. The summed E-state index contributed by atoms with van der Waals surface area (Å²) in [5.41, 5.74) is 0. The molecule has 0 aromatic carbocycles.